The van der Waals surface area contributed by atoms with Crippen LogP contribution in [0.1, 0.15) is 44.7 Å². The molecule has 0 aliphatic carbocycles. The van der Waals surface area contributed by atoms with Gasteiger partial charge in [-0.25, -0.2) is 0 Å². The summed E-state index contributed by atoms with van der Waals surface area (Å²) >= 11 is 0. The molecule has 1 aliphatic heterocycles. The maximum Gasteiger partial charge on any atom is 0.190 e. The Kier molecular flexibility index (Phi) is 9.08. The predicted molar refractivity (Wildman–Crippen MR) is 113 cm³/mol. The number of ether oxygens (including phenoxy) is 2. The second-order valence-corrected chi connectivity index (χ2v) is 8.28. The largest absolute Gasteiger partial charge is 0.381 e. The van der Waals surface area contributed by atoms with Crippen LogP contribution in [0.4, 0.5) is 0 Å². The Morgan fingerprint density at radius 2 is 1.93 bits per heavy atom. The first-order chi connectivity index (χ1) is 13.0. The number of rotatable bonds is 9. The lowest BCUT2D eigenvalue weighted by Crippen LogP contribution is -2.39. The van der Waals surface area contributed by atoms with Gasteiger partial charge in [-0.1, -0.05) is 45.0 Å². The first-order valence-electron chi connectivity index (χ1n) is 10.2. The molecule has 1 heterocycles. The van der Waals surface area contributed by atoms with Gasteiger partial charge in [0.1, 0.15) is 0 Å². The number of hydrogen-bond acceptors (Lipinski definition) is 3. The molecule has 2 rings (SSSR count). The van der Waals surface area contributed by atoms with Gasteiger partial charge in [-0.2, -0.15) is 0 Å². The maximum absolute atomic E-state index is 5.73. The molecule has 5 nitrogen and oxygen atoms in total. The average Bonchev–Trinajstić information content (AvgIpc) is 3.16. The molecular formula is C22H37N3O2. The van der Waals surface area contributed by atoms with E-state index in [0.29, 0.717) is 5.92 Å². The summed E-state index contributed by atoms with van der Waals surface area (Å²) in [7, 11) is 1.81. The zero-order valence-electron chi connectivity index (χ0n) is 17.5. The summed E-state index contributed by atoms with van der Waals surface area (Å²) in [5, 5.41) is 6.73. The normalized spacial score (nSPS) is 17.9. The zero-order valence-corrected chi connectivity index (χ0v) is 17.5. The van der Waals surface area contributed by atoms with E-state index in [-0.39, 0.29) is 5.41 Å². The highest BCUT2D eigenvalue weighted by Crippen LogP contribution is 2.22. The molecule has 1 aromatic carbocycles. The Morgan fingerprint density at radius 3 is 2.56 bits per heavy atom. The smallest absolute Gasteiger partial charge is 0.190 e. The molecule has 0 aromatic heterocycles. The quantitative estimate of drug-likeness (QED) is 0.396. The van der Waals surface area contributed by atoms with Crippen molar-refractivity contribution >= 4 is 5.96 Å². The molecular weight excluding hydrogens is 338 g/mol. The van der Waals surface area contributed by atoms with Crippen LogP contribution in [0.3, 0.4) is 0 Å². The summed E-state index contributed by atoms with van der Waals surface area (Å²) in [6.45, 7) is 11.8. The lowest BCUT2D eigenvalue weighted by molar-refractivity contribution is 0.0888. The fourth-order valence-corrected chi connectivity index (χ4v) is 3.06. The van der Waals surface area contributed by atoms with Crippen LogP contribution in [-0.2, 0) is 21.3 Å². The Balaban J connectivity index is 1.55. The van der Waals surface area contributed by atoms with Crippen molar-refractivity contribution in [1.82, 2.24) is 10.6 Å². The maximum atomic E-state index is 5.73. The van der Waals surface area contributed by atoms with Gasteiger partial charge in [0.2, 0.25) is 0 Å². The van der Waals surface area contributed by atoms with Gasteiger partial charge in [0.25, 0.3) is 0 Å². The molecule has 1 unspecified atom stereocenters. The van der Waals surface area contributed by atoms with Crippen LogP contribution >= 0.6 is 0 Å². The molecule has 0 saturated carbocycles. The van der Waals surface area contributed by atoms with Gasteiger partial charge in [-0.15, -0.1) is 0 Å². The molecule has 0 bridgehead atoms. The van der Waals surface area contributed by atoms with Gasteiger partial charge in [0.15, 0.2) is 5.96 Å². The third-order valence-corrected chi connectivity index (χ3v) is 4.89. The van der Waals surface area contributed by atoms with Crippen molar-refractivity contribution in [2.24, 2.45) is 10.9 Å². The van der Waals surface area contributed by atoms with Gasteiger partial charge in [-0.05, 0) is 35.8 Å². The Labute approximate surface area is 164 Å². The van der Waals surface area contributed by atoms with E-state index >= 15 is 0 Å². The molecule has 1 saturated heterocycles. The van der Waals surface area contributed by atoms with E-state index in [0.717, 1.165) is 64.7 Å². The molecule has 27 heavy (non-hydrogen) atoms. The van der Waals surface area contributed by atoms with Gasteiger partial charge < -0.3 is 20.1 Å². The minimum Gasteiger partial charge on any atom is -0.381 e. The van der Waals surface area contributed by atoms with Gasteiger partial charge in [0.05, 0.1) is 13.2 Å². The molecule has 1 fully saturated rings. The van der Waals surface area contributed by atoms with Crippen molar-refractivity contribution in [3.05, 3.63) is 35.4 Å². The summed E-state index contributed by atoms with van der Waals surface area (Å²) in [6, 6.07) is 8.93. The predicted octanol–water partition coefficient (Wildman–Crippen LogP) is 3.13. The van der Waals surface area contributed by atoms with Crippen LogP contribution in [0.15, 0.2) is 29.3 Å². The summed E-state index contributed by atoms with van der Waals surface area (Å²) in [4.78, 5) is 4.28. The van der Waals surface area contributed by atoms with Crippen molar-refractivity contribution in [3.8, 4) is 0 Å². The lowest BCUT2D eigenvalue weighted by Gasteiger charge is -2.19. The summed E-state index contributed by atoms with van der Waals surface area (Å²) in [5.41, 5.74) is 2.92. The van der Waals surface area contributed by atoms with Crippen molar-refractivity contribution in [2.45, 2.75) is 45.4 Å². The van der Waals surface area contributed by atoms with E-state index in [1.807, 2.05) is 7.05 Å². The molecule has 1 aliphatic rings. The third-order valence-electron chi connectivity index (χ3n) is 4.89. The van der Waals surface area contributed by atoms with E-state index in [9.17, 15) is 0 Å². The van der Waals surface area contributed by atoms with E-state index in [1.165, 1.54) is 11.1 Å². The fourth-order valence-electron chi connectivity index (χ4n) is 3.06. The van der Waals surface area contributed by atoms with Gasteiger partial charge in [-0.3, -0.25) is 4.99 Å². The standard InChI is InChI=1S/C22H37N3O2/c1-22(2,3)20-8-6-18(7-9-20)10-13-25-21(23-4)24-12-5-14-26-16-19-11-15-27-17-19/h6-9,19H,5,10-17H2,1-4H3,(H2,23,24,25). The number of nitrogens with zero attached hydrogens (tertiary/aromatic N) is 1. The van der Waals surface area contributed by atoms with E-state index in [2.05, 4.69) is 60.7 Å². The van der Waals surface area contributed by atoms with Crippen molar-refractivity contribution in [2.75, 3.05) is 46.6 Å². The Bertz CT molecular complexity index is 558. The SMILES string of the molecule is CN=C(NCCCOCC1CCOC1)NCCc1ccc(C(C)(C)C)cc1. The van der Waals surface area contributed by atoms with Crippen LogP contribution in [0, 0.1) is 5.92 Å². The summed E-state index contributed by atoms with van der Waals surface area (Å²) < 4.78 is 11.1. The van der Waals surface area contributed by atoms with Crippen LogP contribution in [0.5, 0.6) is 0 Å². The Hall–Kier alpha value is -1.59. The summed E-state index contributed by atoms with van der Waals surface area (Å²) in [6.07, 6.45) is 3.09. The van der Waals surface area contributed by atoms with Crippen molar-refractivity contribution in [3.63, 3.8) is 0 Å². The lowest BCUT2D eigenvalue weighted by atomic mass is 9.86. The van der Waals surface area contributed by atoms with Crippen LogP contribution in [-0.4, -0.2) is 52.5 Å². The monoisotopic (exact) mass is 375 g/mol. The first-order valence-corrected chi connectivity index (χ1v) is 10.2. The second kappa shape index (κ2) is 11.3. The highest BCUT2D eigenvalue weighted by Gasteiger charge is 2.15. The zero-order chi connectivity index (χ0) is 19.5. The number of hydrogen-bond donors (Lipinski definition) is 2. The van der Waals surface area contributed by atoms with Crippen molar-refractivity contribution < 1.29 is 9.47 Å². The average molecular weight is 376 g/mol. The van der Waals surface area contributed by atoms with E-state index in [4.69, 9.17) is 9.47 Å². The summed E-state index contributed by atoms with van der Waals surface area (Å²) in [5.74, 6) is 1.44. The third kappa shape index (κ3) is 8.31. The van der Waals surface area contributed by atoms with Crippen LogP contribution in [0.25, 0.3) is 0 Å². The van der Waals surface area contributed by atoms with E-state index < -0.39 is 0 Å². The number of guanidine groups is 1. The topological polar surface area (TPSA) is 54.9 Å². The highest BCUT2D eigenvalue weighted by molar-refractivity contribution is 5.79. The molecule has 0 spiro atoms. The molecule has 0 radical (unpaired) electrons. The van der Waals surface area contributed by atoms with E-state index in [1.54, 1.807) is 0 Å². The first kappa shape index (κ1) is 21.7. The second-order valence-electron chi connectivity index (χ2n) is 8.28. The molecule has 1 aromatic rings. The van der Waals surface area contributed by atoms with Crippen LogP contribution < -0.4 is 10.6 Å². The fraction of sp³-hybridized carbons (Fsp3) is 0.682. The number of nitrogens with one attached hydrogen (secondary N) is 2. The molecule has 0 amide bonds. The molecule has 152 valence electrons. The van der Waals surface area contributed by atoms with Crippen LogP contribution in [0.2, 0.25) is 0 Å². The number of benzene rings is 1. The molecule has 1 atom stereocenters. The van der Waals surface area contributed by atoms with Gasteiger partial charge >= 0.3 is 0 Å². The van der Waals surface area contributed by atoms with Crippen molar-refractivity contribution in [1.29, 1.82) is 0 Å². The Morgan fingerprint density at radius 1 is 1.19 bits per heavy atom. The minimum absolute atomic E-state index is 0.206. The molecule has 2 N–H and O–H groups in total. The number of aliphatic imine (C=N–C) groups is 1. The highest BCUT2D eigenvalue weighted by atomic mass is 16.5. The minimum atomic E-state index is 0.206. The molecule has 5 heteroatoms. The van der Waals surface area contributed by atoms with Gasteiger partial charge in [0, 0.05) is 39.3 Å².